The Morgan fingerprint density at radius 1 is 1.30 bits per heavy atom. The van der Waals surface area contributed by atoms with Crippen molar-refractivity contribution in [3.8, 4) is 5.69 Å². The molecular formula is C20H25N3O4. The minimum Gasteiger partial charge on any atom is -0.481 e. The van der Waals surface area contributed by atoms with Gasteiger partial charge in [0, 0.05) is 30.8 Å². The summed E-state index contributed by atoms with van der Waals surface area (Å²) in [6.07, 6.45) is 0.781. The lowest BCUT2D eigenvalue weighted by Crippen LogP contribution is -2.33. The number of hydrogen-bond donors (Lipinski definition) is 2. The Hall–Kier alpha value is -2.67. The summed E-state index contributed by atoms with van der Waals surface area (Å²) >= 11 is 0. The van der Waals surface area contributed by atoms with Gasteiger partial charge in [-0.3, -0.25) is 9.59 Å². The molecule has 1 aromatic heterocycles. The topological polar surface area (TPSA) is 93.5 Å². The number of aliphatic carboxylic acids is 1. The molecule has 0 aliphatic carbocycles. The number of nitrogens with one attached hydrogen (secondary N) is 1. The van der Waals surface area contributed by atoms with Crippen molar-refractivity contribution in [3.63, 3.8) is 0 Å². The first-order valence-corrected chi connectivity index (χ1v) is 9.21. The lowest BCUT2D eigenvalue weighted by atomic mass is 9.93. The molecule has 1 saturated heterocycles. The fourth-order valence-corrected chi connectivity index (χ4v) is 3.61. The molecule has 27 heavy (non-hydrogen) atoms. The average molecular weight is 371 g/mol. The molecule has 2 aromatic rings. The molecule has 1 fully saturated rings. The first-order valence-electron chi connectivity index (χ1n) is 9.21. The van der Waals surface area contributed by atoms with Crippen molar-refractivity contribution in [2.45, 2.75) is 39.2 Å². The second-order valence-electron chi connectivity index (χ2n) is 6.81. The van der Waals surface area contributed by atoms with Crippen LogP contribution in [0.3, 0.4) is 0 Å². The van der Waals surface area contributed by atoms with Gasteiger partial charge in [-0.1, -0.05) is 18.2 Å². The van der Waals surface area contributed by atoms with Gasteiger partial charge in [0.2, 0.25) is 5.91 Å². The number of ether oxygens (including phenoxy) is 1. The molecule has 144 valence electrons. The Balaban J connectivity index is 1.76. The summed E-state index contributed by atoms with van der Waals surface area (Å²) in [5.74, 6) is -1.24. The Kier molecular flexibility index (Phi) is 5.91. The van der Waals surface area contributed by atoms with Crippen LogP contribution in [0.15, 0.2) is 30.3 Å². The maximum absolute atomic E-state index is 12.6. The molecule has 0 bridgehead atoms. The number of carboxylic acid groups (broad SMARTS) is 1. The average Bonchev–Trinajstić information content (AvgIpc) is 3.23. The smallest absolute Gasteiger partial charge is 0.303 e. The lowest BCUT2D eigenvalue weighted by Gasteiger charge is -2.19. The predicted molar refractivity (Wildman–Crippen MR) is 99.7 cm³/mol. The van der Waals surface area contributed by atoms with Crippen LogP contribution in [0.1, 0.15) is 42.3 Å². The third-order valence-electron chi connectivity index (χ3n) is 4.93. The number of para-hydroxylation sites is 1. The number of hydrogen-bond acceptors (Lipinski definition) is 4. The van der Waals surface area contributed by atoms with E-state index in [0.29, 0.717) is 26.0 Å². The molecular weight excluding hydrogens is 346 g/mol. The van der Waals surface area contributed by atoms with Gasteiger partial charge in [0.1, 0.15) is 0 Å². The van der Waals surface area contributed by atoms with Crippen LogP contribution >= 0.6 is 0 Å². The van der Waals surface area contributed by atoms with E-state index in [4.69, 9.17) is 9.84 Å². The number of carboxylic acids is 1. The van der Waals surface area contributed by atoms with Gasteiger partial charge in [0.25, 0.3) is 0 Å². The van der Waals surface area contributed by atoms with Crippen LogP contribution in [0.5, 0.6) is 0 Å². The number of benzene rings is 1. The first kappa shape index (κ1) is 19.1. The van der Waals surface area contributed by atoms with Gasteiger partial charge in [-0.05, 0) is 38.8 Å². The highest BCUT2D eigenvalue weighted by atomic mass is 16.5. The fraction of sp³-hybridized carbons (Fsp3) is 0.450. The predicted octanol–water partition coefficient (Wildman–Crippen LogP) is 2.55. The van der Waals surface area contributed by atoms with Crippen molar-refractivity contribution in [2.24, 2.45) is 5.92 Å². The molecule has 1 aliphatic rings. The summed E-state index contributed by atoms with van der Waals surface area (Å²) in [5, 5.41) is 16.2. The summed E-state index contributed by atoms with van der Waals surface area (Å²) in [6, 6.07) is 9.87. The van der Waals surface area contributed by atoms with Gasteiger partial charge in [-0.15, -0.1) is 0 Å². The minimum atomic E-state index is -0.856. The van der Waals surface area contributed by atoms with Gasteiger partial charge in [-0.2, -0.15) is 5.10 Å². The number of aryl methyl sites for hydroxylation is 1. The largest absolute Gasteiger partial charge is 0.481 e. The summed E-state index contributed by atoms with van der Waals surface area (Å²) in [5.41, 5.74) is 3.75. The standard InChI is InChI=1S/C20H25N3O4/c1-13-18(14(2)23(22-13)15-7-4-3-5-8-15)19-16(10-12-27-19)20(26)21-11-6-9-17(24)25/h3-5,7-8,16,19H,6,9-12H2,1-2H3,(H,21,26)(H,24,25)/t16-,19-/m0/s1. The highest BCUT2D eigenvalue weighted by Gasteiger charge is 2.38. The van der Waals surface area contributed by atoms with Crippen molar-refractivity contribution in [2.75, 3.05) is 13.2 Å². The highest BCUT2D eigenvalue weighted by Crippen LogP contribution is 2.38. The van der Waals surface area contributed by atoms with Gasteiger partial charge in [-0.25, -0.2) is 4.68 Å². The number of rotatable bonds is 7. The van der Waals surface area contributed by atoms with E-state index in [1.165, 1.54) is 0 Å². The molecule has 2 heterocycles. The van der Waals surface area contributed by atoms with Crippen LogP contribution in [0, 0.1) is 19.8 Å². The zero-order valence-electron chi connectivity index (χ0n) is 15.6. The summed E-state index contributed by atoms with van der Waals surface area (Å²) < 4.78 is 7.80. The van der Waals surface area contributed by atoms with Crippen LogP contribution in [0.25, 0.3) is 5.69 Å². The number of amides is 1. The third-order valence-corrected chi connectivity index (χ3v) is 4.93. The molecule has 1 aromatic carbocycles. The van der Waals surface area contributed by atoms with Crippen LogP contribution in [-0.2, 0) is 14.3 Å². The quantitative estimate of drug-likeness (QED) is 0.730. The molecule has 2 atom stereocenters. The molecule has 3 rings (SSSR count). The number of nitrogens with zero attached hydrogens (tertiary/aromatic N) is 2. The van der Waals surface area contributed by atoms with Crippen LogP contribution in [-0.4, -0.2) is 39.9 Å². The summed E-state index contributed by atoms with van der Waals surface area (Å²) in [6.45, 7) is 4.81. The molecule has 1 amide bonds. The van der Waals surface area contributed by atoms with E-state index >= 15 is 0 Å². The van der Waals surface area contributed by atoms with Crippen molar-refractivity contribution in [1.82, 2.24) is 15.1 Å². The second kappa shape index (κ2) is 8.35. The Morgan fingerprint density at radius 2 is 2.04 bits per heavy atom. The zero-order valence-corrected chi connectivity index (χ0v) is 15.6. The monoisotopic (exact) mass is 371 g/mol. The summed E-state index contributed by atoms with van der Waals surface area (Å²) in [7, 11) is 0. The maximum atomic E-state index is 12.6. The van der Waals surface area contributed by atoms with E-state index in [9.17, 15) is 9.59 Å². The van der Waals surface area contributed by atoms with Crippen molar-refractivity contribution >= 4 is 11.9 Å². The molecule has 0 unspecified atom stereocenters. The molecule has 7 nitrogen and oxygen atoms in total. The first-order chi connectivity index (χ1) is 13.0. The number of carbonyl (C=O) groups excluding carboxylic acids is 1. The van der Waals surface area contributed by atoms with Crippen LogP contribution in [0.2, 0.25) is 0 Å². The van der Waals surface area contributed by atoms with E-state index in [1.54, 1.807) is 0 Å². The van der Waals surface area contributed by atoms with E-state index in [1.807, 2.05) is 48.9 Å². The summed E-state index contributed by atoms with van der Waals surface area (Å²) in [4.78, 5) is 23.2. The van der Waals surface area contributed by atoms with Crippen LogP contribution in [0.4, 0.5) is 0 Å². The van der Waals surface area contributed by atoms with Crippen molar-refractivity contribution in [3.05, 3.63) is 47.3 Å². The van der Waals surface area contributed by atoms with Crippen LogP contribution < -0.4 is 5.32 Å². The zero-order chi connectivity index (χ0) is 19.4. The normalized spacial score (nSPS) is 19.2. The molecule has 7 heteroatoms. The van der Waals surface area contributed by atoms with Gasteiger partial charge in [0.05, 0.1) is 23.4 Å². The molecule has 2 N–H and O–H groups in total. The fourth-order valence-electron chi connectivity index (χ4n) is 3.61. The van der Waals surface area contributed by atoms with Crippen molar-refractivity contribution < 1.29 is 19.4 Å². The van der Waals surface area contributed by atoms with Gasteiger partial charge >= 0.3 is 5.97 Å². The van der Waals surface area contributed by atoms with E-state index < -0.39 is 5.97 Å². The van der Waals surface area contributed by atoms with E-state index in [2.05, 4.69) is 10.4 Å². The Morgan fingerprint density at radius 3 is 2.74 bits per heavy atom. The van der Waals surface area contributed by atoms with Crippen molar-refractivity contribution in [1.29, 1.82) is 0 Å². The lowest BCUT2D eigenvalue weighted by molar-refractivity contribution is -0.137. The molecule has 0 spiro atoms. The Bertz CT molecular complexity index is 816. The van der Waals surface area contributed by atoms with E-state index in [-0.39, 0.29) is 24.3 Å². The second-order valence-corrected chi connectivity index (χ2v) is 6.81. The maximum Gasteiger partial charge on any atom is 0.303 e. The van der Waals surface area contributed by atoms with Gasteiger partial charge < -0.3 is 15.2 Å². The third kappa shape index (κ3) is 4.19. The minimum absolute atomic E-state index is 0.0485. The van der Waals surface area contributed by atoms with E-state index in [0.717, 1.165) is 22.6 Å². The highest BCUT2D eigenvalue weighted by molar-refractivity contribution is 5.80. The number of aromatic nitrogens is 2. The molecule has 0 radical (unpaired) electrons. The van der Waals surface area contributed by atoms with Gasteiger partial charge in [0.15, 0.2) is 0 Å². The SMILES string of the molecule is Cc1nn(-c2ccccc2)c(C)c1[C@H]1OCC[C@@H]1C(=O)NCCCC(=O)O. The Labute approximate surface area is 158 Å². The number of carbonyl (C=O) groups is 2. The molecule has 0 saturated carbocycles. The molecule has 1 aliphatic heterocycles.